The molecular weight excluding hydrogens is 248 g/mol. The minimum absolute atomic E-state index is 0.454. The van der Waals surface area contributed by atoms with Crippen LogP contribution in [0.3, 0.4) is 0 Å². The Hall–Kier alpha value is -1.56. The number of nitrogens with two attached hydrogens (primary N) is 1. The Labute approximate surface area is 110 Å². The minimum atomic E-state index is 0.454. The Balaban J connectivity index is 2.04. The Morgan fingerprint density at radius 2 is 2.28 bits per heavy atom. The molecule has 2 N–H and O–H groups in total. The highest BCUT2D eigenvalue weighted by molar-refractivity contribution is 7.98. The van der Waals surface area contributed by atoms with Gasteiger partial charge < -0.3 is 10.3 Å². The number of anilines is 1. The predicted octanol–water partition coefficient (Wildman–Crippen LogP) is 2.60. The fourth-order valence-corrected chi connectivity index (χ4v) is 2.30. The second-order valence-corrected chi connectivity index (χ2v) is 5.42. The van der Waals surface area contributed by atoms with Gasteiger partial charge in [-0.15, -0.1) is 0 Å². The van der Waals surface area contributed by atoms with E-state index in [4.69, 9.17) is 10.3 Å². The third-order valence-corrected chi connectivity index (χ3v) is 3.60. The molecule has 0 fully saturated rings. The molecule has 0 saturated carbocycles. The molecule has 2 aromatic heterocycles. The average Bonchev–Trinajstić information content (AvgIpc) is 2.78. The lowest BCUT2D eigenvalue weighted by Crippen LogP contribution is -1.93. The van der Waals surface area contributed by atoms with Gasteiger partial charge in [-0.1, -0.05) is 19.0 Å². The van der Waals surface area contributed by atoms with Gasteiger partial charge in [0.2, 0.25) is 0 Å². The molecule has 96 valence electrons. The van der Waals surface area contributed by atoms with Crippen molar-refractivity contribution in [2.75, 3.05) is 11.5 Å². The van der Waals surface area contributed by atoms with Crippen molar-refractivity contribution in [1.29, 1.82) is 0 Å². The third-order valence-electron chi connectivity index (χ3n) is 2.23. The lowest BCUT2D eigenvalue weighted by molar-refractivity contribution is 0.425. The summed E-state index contributed by atoms with van der Waals surface area (Å²) in [7, 11) is 0. The van der Waals surface area contributed by atoms with Crippen LogP contribution in [0.15, 0.2) is 23.0 Å². The van der Waals surface area contributed by atoms with Crippen LogP contribution in [0.2, 0.25) is 0 Å². The lowest BCUT2D eigenvalue weighted by Gasteiger charge is -2.00. The summed E-state index contributed by atoms with van der Waals surface area (Å²) >= 11 is 1.80. The van der Waals surface area contributed by atoms with Gasteiger partial charge in [-0.05, 0) is 17.7 Å². The molecule has 2 aromatic rings. The van der Waals surface area contributed by atoms with Crippen LogP contribution in [0.1, 0.15) is 19.7 Å². The van der Waals surface area contributed by atoms with E-state index in [0.29, 0.717) is 23.3 Å². The van der Waals surface area contributed by atoms with E-state index in [0.717, 1.165) is 17.1 Å². The van der Waals surface area contributed by atoms with E-state index in [2.05, 4.69) is 29.0 Å². The number of thioether (sulfide) groups is 1. The molecule has 6 heteroatoms. The molecule has 0 unspecified atom stereocenters. The maximum atomic E-state index is 5.81. The summed E-state index contributed by atoms with van der Waals surface area (Å²) in [6.45, 7) is 4.37. The molecule has 0 saturated heterocycles. The normalized spacial score (nSPS) is 11.1. The van der Waals surface area contributed by atoms with Gasteiger partial charge in [-0.3, -0.25) is 4.98 Å². The van der Waals surface area contributed by atoms with Crippen molar-refractivity contribution in [3.63, 3.8) is 0 Å². The molecule has 0 radical (unpaired) electrons. The summed E-state index contributed by atoms with van der Waals surface area (Å²) in [4.78, 5) is 8.26. The van der Waals surface area contributed by atoms with E-state index in [9.17, 15) is 0 Å². The zero-order chi connectivity index (χ0) is 13.0. The van der Waals surface area contributed by atoms with Crippen LogP contribution < -0.4 is 5.73 Å². The molecule has 0 aliphatic rings. The Morgan fingerprint density at radius 1 is 1.44 bits per heavy atom. The van der Waals surface area contributed by atoms with Gasteiger partial charge in [0.25, 0.3) is 5.89 Å². The number of pyridine rings is 1. The highest BCUT2D eigenvalue weighted by Crippen LogP contribution is 2.23. The monoisotopic (exact) mass is 264 g/mol. The van der Waals surface area contributed by atoms with E-state index >= 15 is 0 Å². The van der Waals surface area contributed by atoms with Crippen LogP contribution in [-0.2, 0) is 5.75 Å². The topological polar surface area (TPSA) is 77.8 Å². The van der Waals surface area contributed by atoms with Gasteiger partial charge in [0.15, 0.2) is 5.82 Å². The van der Waals surface area contributed by atoms with Crippen molar-refractivity contribution in [3.05, 3.63) is 24.3 Å². The van der Waals surface area contributed by atoms with Crippen molar-refractivity contribution in [2.24, 2.45) is 5.92 Å². The van der Waals surface area contributed by atoms with Gasteiger partial charge in [0.05, 0.1) is 23.2 Å². The number of nitrogens with zero attached hydrogens (tertiary/aromatic N) is 3. The lowest BCUT2D eigenvalue weighted by atomic mass is 10.2. The summed E-state index contributed by atoms with van der Waals surface area (Å²) in [5.41, 5.74) is 7.08. The molecule has 0 spiro atoms. The summed E-state index contributed by atoms with van der Waals surface area (Å²) in [6.07, 6.45) is 3.23. The fraction of sp³-hybridized carbons (Fsp3) is 0.417. The zero-order valence-corrected chi connectivity index (χ0v) is 11.3. The number of aromatic nitrogens is 3. The molecule has 0 atom stereocenters. The standard InChI is InChI=1S/C12H16N4OS/c1-8(2)6-18-7-11-15-12(17-16-11)9-3-4-14-5-10(9)13/h3-5,8H,6-7,13H2,1-2H3. The molecule has 5 nitrogen and oxygen atoms in total. The molecule has 0 aliphatic carbocycles. The van der Waals surface area contributed by atoms with Crippen molar-refractivity contribution in [1.82, 2.24) is 15.1 Å². The summed E-state index contributed by atoms with van der Waals surface area (Å²) in [5, 5.41) is 3.95. The van der Waals surface area contributed by atoms with Crippen LogP contribution >= 0.6 is 11.8 Å². The van der Waals surface area contributed by atoms with E-state index < -0.39 is 0 Å². The van der Waals surface area contributed by atoms with Crippen LogP contribution in [0, 0.1) is 5.92 Å². The largest absolute Gasteiger partial charge is 0.397 e. The quantitative estimate of drug-likeness (QED) is 0.894. The molecule has 2 heterocycles. The van der Waals surface area contributed by atoms with Gasteiger partial charge in [-0.25, -0.2) is 0 Å². The Bertz CT molecular complexity index is 512. The second-order valence-electron chi connectivity index (χ2n) is 4.39. The predicted molar refractivity (Wildman–Crippen MR) is 72.9 cm³/mol. The zero-order valence-electron chi connectivity index (χ0n) is 10.5. The van der Waals surface area contributed by atoms with Crippen molar-refractivity contribution >= 4 is 17.4 Å². The number of nitrogen functional groups attached to an aromatic ring is 1. The molecule has 0 aliphatic heterocycles. The Morgan fingerprint density at radius 3 is 3.00 bits per heavy atom. The number of rotatable bonds is 5. The maximum Gasteiger partial charge on any atom is 0.260 e. The smallest absolute Gasteiger partial charge is 0.260 e. The van der Waals surface area contributed by atoms with Crippen LogP contribution in [-0.4, -0.2) is 20.9 Å². The molecule has 0 bridgehead atoms. The van der Waals surface area contributed by atoms with E-state index in [1.165, 1.54) is 0 Å². The van der Waals surface area contributed by atoms with Gasteiger partial charge in [-0.2, -0.15) is 16.7 Å². The van der Waals surface area contributed by atoms with Crippen molar-refractivity contribution in [3.8, 4) is 11.5 Å². The summed E-state index contributed by atoms with van der Waals surface area (Å²) in [6, 6.07) is 1.77. The van der Waals surface area contributed by atoms with Crippen molar-refractivity contribution < 1.29 is 4.52 Å². The fourth-order valence-electron chi connectivity index (χ4n) is 1.41. The van der Waals surface area contributed by atoms with Gasteiger partial charge in [0.1, 0.15) is 0 Å². The van der Waals surface area contributed by atoms with Crippen molar-refractivity contribution in [2.45, 2.75) is 19.6 Å². The Kier molecular flexibility index (Phi) is 4.19. The number of hydrogen-bond acceptors (Lipinski definition) is 6. The van der Waals surface area contributed by atoms with Crippen LogP contribution in [0.5, 0.6) is 0 Å². The average molecular weight is 264 g/mol. The first-order chi connectivity index (χ1) is 8.66. The number of hydrogen-bond donors (Lipinski definition) is 1. The van der Waals surface area contributed by atoms with Crippen LogP contribution in [0.4, 0.5) is 5.69 Å². The minimum Gasteiger partial charge on any atom is -0.397 e. The highest BCUT2D eigenvalue weighted by atomic mass is 32.2. The highest BCUT2D eigenvalue weighted by Gasteiger charge is 2.11. The van der Waals surface area contributed by atoms with E-state index in [1.54, 1.807) is 30.2 Å². The first-order valence-corrected chi connectivity index (χ1v) is 6.92. The molecule has 0 aromatic carbocycles. The second kappa shape index (κ2) is 5.86. The SMILES string of the molecule is CC(C)CSCc1noc(-c2ccncc2N)n1. The molecule has 0 amide bonds. The maximum absolute atomic E-state index is 5.81. The summed E-state index contributed by atoms with van der Waals surface area (Å²) < 4.78 is 5.21. The first kappa shape index (κ1) is 12.9. The molecule has 2 rings (SSSR count). The summed E-state index contributed by atoms with van der Waals surface area (Å²) in [5.74, 6) is 3.66. The van der Waals surface area contributed by atoms with Crippen LogP contribution in [0.25, 0.3) is 11.5 Å². The third kappa shape index (κ3) is 3.22. The van der Waals surface area contributed by atoms with Gasteiger partial charge in [0, 0.05) is 6.20 Å². The van der Waals surface area contributed by atoms with E-state index in [1.807, 2.05) is 0 Å². The molecular formula is C12H16N4OS. The molecule has 18 heavy (non-hydrogen) atoms. The van der Waals surface area contributed by atoms with E-state index in [-0.39, 0.29) is 0 Å². The first-order valence-electron chi connectivity index (χ1n) is 5.77. The van der Waals surface area contributed by atoms with Gasteiger partial charge >= 0.3 is 0 Å².